The number of halogens is 2. The highest BCUT2D eigenvalue weighted by atomic mass is 35.5. The molecule has 3 nitrogen and oxygen atoms in total. The van der Waals surface area contributed by atoms with Gasteiger partial charge in [0.2, 0.25) is 11.8 Å². The van der Waals surface area contributed by atoms with Crippen molar-refractivity contribution in [1.82, 2.24) is 10.2 Å². The van der Waals surface area contributed by atoms with Gasteiger partial charge in [-0.1, -0.05) is 62.2 Å². The molecule has 0 N–H and O–H groups in total. The summed E-state index contributed by atoms with van der Waals surface area (Å²) in [5, 5.41) is 9.33. The first-order chi connectivity index (χ1) is 11.8. The Morgan fingerprint density at radius 1 is 0.920 bits per heavy atom. The van der Waals surface area contributed by atoms with Crippen LogP contribution in [-0.2, 0) is 5.41 Å². The van der Waals surface area contributed by atoms with Gasteiger partial charge in [0.25, 0.3) is 0 Å². The van der Waals surface area contributed by atoms with Crippen molar-refractivity contribution in [2.75, 3.05) is 0 Å². The summed E-state index contributed by atoms with van der Waals surface area (Å²) < 4.78 is 5.70. The first kappa shape index (κ1) is 17.7. The molecular formula is C20H18Cl2N2O. The van der Waals surface area contributed by atoms with E-state index >= 15 is 0 Å². The van der Waals surface area contributed by atoms with E-state index in [9.17, 15) is 0 Å². The molecule has 1 aromatic heterocycles. The van der Waals surface area contributed by atoms with Crippen molar-refractivity contribution in [3.8, 4) is 11.5 Å². The molecule has 2 aromatic carbocycles. The number of aromatic nitrogens is 2. The largest absolute Gasteiger partial charge is 0.417 e. The smallest absolute Gasteiger partial charge is 0.248 e. The summed E-state index contributed by atoms with van der Waals surface area (Å²) in [6.45, 7) is 6.54. The zero-order valence-corrected chi connectivity index (χ0v) is 15.8. The predicted octanol–water partition coefficient (Wildman–Crippen LogP) is 6.51. The fourth-order valence-corrected chi connectivity index (χ4v) is 2.80. The van der Waals surface area contributed by atoms with E-state index < -0.39 is 0 Å². The Hall–Kier alpha value is -2.10. The molecule has 128 valence electrons. The maximum absolute atomic E-state index is 6.15. The molecule has 0 saturated carbocycles. The van der Waals surface area contributed by atoms with Crippen LogP contribution in [0.1, 0.15) is 37.8 Å². The average molecular weight is 373 g/mol. The van der Waals surface area contributed by atoms with Gasteiger partial charge in [-0.05, 0) is 46.9 Å². The van der Waals surface area contributed by atoms with E-state index in [1.54, 1.807) is 18.2 Å². The normalized spacial score (nSPS) is 12.0. The number of nitrogens with zero attached hydrogens (tertiary/aromatic N) is 2. The fraction of sp³-hybridized carbons (Fsp3) is 0.200. The highest BCUT2D eigenvalue weighted by Gasteiger charge is 2.14. The van der Waals surface area contributed by atoms with E-state index in [-0.39, 0.29) is 5.41 Å². The SMILES string of the molecule is CC(C)(C)c1ccc(-c2nnc(/C=C/c3ccc(Cl)cc3Cl)o2)cc1. The van der Waals surface area contributed by atoms with Crippen molar-refractivity contribution in [2.24, 2.45) is 0 Å². The molecule has 0 aliphatic carbocycles. The molecule has 0 fully saturated rings. The molecule has 0 radical (unpaired) electrons. The van der Waals surface area contributed by atoms with Crippen LogP contribution in [0.25, 0.3) is 23.6 Å². The van der Waals surface area contributed by atoms with E-state index in [1.807, 2.05) is 24.3 Å². The van der Waals surface area contributed by atoms with E-state index in [0.29, 0.717) is 21.8 Å². The van der Waals surface area contributed by atoms with Gasteiger partial charge in [0.05, 0.1) is 0 Å². The maximum Gasteiger partial charge on any atom is 0.248 e. The molecule has 3 rings (SSSR count). The lowest BCUT2D eigenvalue weighted by Gasteiger charge is -2.18. The van der Waals surface area contributed by atoms with Crippen LogP contribution in [-0.4, -0.2) is 10.2 Å². The standard InChI is InChI=1S/C20H18Cl2N2O/c1-20(2,3)15-8-4-14(5-9-15)19-24-23-18(25-19)11-7-13-6-10-16(21)12-17(13)22/h4-12H,1-3H3/b11-7+. The van der Waals surface area contributed by atoms with Crippen LogP contribution in [0.4, 0.5) is 0 Å². The van der Waals surface area contributed by atoms with Crippen LogP contribution < -0.4 is 0 Å². The second-order valence-corrected chi connectivity index (χ2v) is 7.62. The monoisotopic (exact) mass is 372 g/mol. The van der Waals surface area contributed by atoms with Crippen molar-refractivity contribution in [1.29, 1.82) is 0 Å². The van der Waals surface area contributed by atoms with Gasteiger partial charge in [0, 0.05) is 21.7 Å². The molecule has 0 saturated heterocycles. The Labute approximate surface area is 157 Å². The second-order valence-electron chi connectivity index (χ2n) is 6.77. The van der Waals surface area contributed by atoms with E-state index in [0.717, 1.165) is 11.1 Å². The van der Waals surface area contributed by atoms with Crippen LogP contribution >= 0.6 is 23.2 Å². The lowest BCUT2D eigenvalue weighted by molar-refractivity contribution is 0.557. The first-order valence-corrected chi connectivity index (χ1v) is 8.66. The molecule has 3 aromatic rings. The zero-order valence-electron chi connectivity index (χ0n) is 14.3. The van der Waals surface area contributed by atoms with Gasteiger partial charge in [0.15, 0.2) is 0 Å². The minimum Gasteiger partial charge on any atom is -0.417 e. The van der Waals surface area contributed by atoms with Gasteiger partial charge in [-0.25, -0.2) is 0 Å². The number of benzene rings is 2. The number of hydrogen-bond donors (Lipinski definition) is 0. The number of rotatable bonds is 3. The van der Waals surface area contributed by atoms with E-state index in [2.05, 4.69) is 43.1 Å². The third-order valence-corrected chi connectivity index (χ3v) is 4.37. The molecule has 0 aliphatic rings. The topological polar surface area (TPSA) is 38.9 Å². The third kappa shape index (κ3) is 4.30. The minimum atomic E-state index is 0.110. The summed E-state index contributed by atoms with van der Waals surface area (Å²) >= 11 is 12.0. The maximum atomic E-state index is 6.15. The second kappa shape index (κ2) is 7.03. The summed E-state index contributed by atoms with van der Waals surface area (Å²) in [6.07, 6.45) is 3.55. The molecular weight excluding hydrogens is 355 g/mol. The molecule has 5 heteroatoms. The number of hydrogen-bond acceptors (Lipinski definition) is 3. The molecule has 0 atom stereocenters. The highest BCUT2D eigenvalue weighted by Crippen LogP contribution is 2.26. The predicted molar refractivity (Wildman–Crippen MR) is 104 cm³/mol. The Morgan fingerprint density at radius 3 is 2.28 bits per heavy atom. The first-order valence-electron chi connectivity index (χ1n) is 7.90. The molecule has 0 unspecified atom stereocenters. The fourth-order valence-electron chi connectivity index (χ4n) is 2.33. The quantitative estimate of drug-likeness (QED) is 0.525. The van der Waals surface area contributed by atoms with Crippen molar-refractivity contribution in [3.05, 3.63) is 69.5 Å². The van der Waals surface area contributed by atoms with E-state index in [4.69, 9.17) is 27.6 Å². The minimum absolute atomic E-state index is 0.110. The summed E-state index contributed by atoms with van der Waals surface area (Å²) in [6, 6.07) is 13.5. The molecule has 0 bridgehead atoms. The van der Waals surface area contributed by atoms with Gasteiger partial charge < -0.3 is 4.42 Å². The van der Waals surface area contributed by atoms with Crippen molar-refractivity contribution >= 4 is 35.4 Å². The summed E-state index contributed by atoms with van der Waals surface area (Å²) in [5.74, 6) is 0.906. The highest BCUT2D eigenvalue weighted by molar-refractivity contribution is 6.35. The Balaban J connectivity index is 1.79. The average Bonchev–Trinajstić information content (AvgIpc) is 3.02. The molecule has 0 spiro atoms. The lowest BCUT2D eigenvalue weighted by atomic mass is 9.87. The van der Waals surface area contributed by atoms with Crippen LogP contribution in [0.2, 0.25) is 10.0 Å². The lowest BCUT2D eigenvalue weighted by Crippen LogP contribution is -2.10. The van der Waals surface area contributed by atoms with Gasteiger partial charge in [-0.2, -0.15) is 0 Å². The zero-order chi connectivity index (χ0) is 18.0. The van der Waals surface area contributed by atoms with Crippen LogP contribution in [0.5, 0.6) is 0 Å². The molecule has 0 amide bonds. The van der Waals surface area contributed by atoms with Crippen molar-refractivity contribution in [3.63, 3.8) is 0 Å². The van der Waals surface area contributed by atoms with Crippen LogP contribution in [0, 0.1) is 0 Å². The Kier molecular flexibility index (Phi) is 4.98. The van der Waals surface area contributed by atoms with Gasteiger partial charge >= 0.3 is 0 Å². The van der Waals surface area contributed by atoms with Gasteiger partial charge in [0.1, 0.15) is 0 Å². The Morgan fingerprint density at radius 2 is 1.64 bits per heavy atom. The summed E-state index contributed by atoms with van der Waals surface area (Å²) in [7, 11) is 0. The van der Waals surface area contributed by atoms with E-state index in [1.165, 1.54) is 5.56 Å². The molecule has 25 heavy (non-hydrogen) atoms. The van der Waals surface area contributed by atoms with Crippen LogP contribution in [0.3, 0.4) is 0 Å². The van der Waals surface area contributed by atoms with Crippen molar-refractivity contribution < 1.29 is 4.42 Å². The van der Waals surface area contributed by atoms with Crippen molar-refractivity contribution in [2.45, 2.75) is 26.2 Å². The summed E-state index contributed by atoms with van der Waals surface area (Å²) in [4.78, 5) is 0. The Bertz CT molecular complexity index is 906. The van der Waals surface area contributed by atoms with Gasteiger partial charge in [-0.15, -0.1) is 10.2 Å². The molecule has 0 aliphatic heterocycles. The molecule has 1 heterocycles. The summed E-state index contributed by atoms with van der Waals surface area (Å²) in [5.41, 5.74) is 3.09. The third-order valence-electron chi connectivity index (χ3n) is 3.81. The van der Waals surface area contributed by atoms with Crippen LogP contribution in [0.15, 0.2) is 46.9 Å². The van der Waals surface area contributed by atoms with Gasteiger partial charge in [-0.3, -0.25) is 0 Å².